The summed E-state index contributed by atoms with van der Waals surface area (Å²) in [6.07, 6.45) is 2.23. The molecular formula is C13H13IN2O. The first-order chi connectivity index (χ1) is 8.06. The monoisotopic (exact) mass is 340 g/mol. The molecule has 0 spiro atoms. The fraction of sp³-hybridized carbons (Fsp3) is 0.385. The van der Waals surface area contributed by atoms with Gasteiger partial charge in [0.25, 0.3) is 5.91 Å². The van der Waals surface area contributed by atoms with E-state index in [4.69, 9.17) is 5.26 Å². The number of nitriles is 1. The average molecular weight is 340 g/mol. The number of nitrogens with one attached hydrogen (secondary N) is 1. The van der Waals surface area contributed by atoms with Gasteiger partial charge in [0.15, 0.2) is 0 Å². The summed E-state index contributed by atoms with van der Waals surface area (Å²) in [4.78, 5) is 12.0. The first kappa shape index (κ1) is 12.4. The molecule has 2 rings (SSSR count). The Labute approximate surface area is 114 Å². The van der Waals surface area contributed by atoms with Crippen molar-refractivity contribution in [1.29, 1.82) is 5.26 Å². The second-order valence-electron chi connectivity index (χ2n) is 4.53. The van der Waals surface area contributed by atoms with E-state index in [-0.39, 0.29) is 11.4 Å². The Morgan fingerprint density at radius 1 is 1.59 bits per heavy atom. The summed E-state index contributed by atoms with van der Waals surface area (Å²) in [5.41, 5.74) is 1.53. The van der Waals surface area contributed by atoms with Crippen LogP contribution in [0, 0.1) is 21.8 Å². The molecule has 1 aliphatic rings. The lowest BCUT2D eigenvalue weighted by atomic mass is 10.1. The molecule has 1 fully saturated rings. The number of rotatable bonds is 3. The van der Waals surface area contributed by atoms with Crippen molar-refractivity contribution in [3.63, 3.8) is 0 Å². The topological polar surface area (TPSA) is 52.9 Å². The molecule has 0 unspecified atom stereocenters. The predicted octanol–water partition coefficient (Wildman–Crippen LogP) is 2.78. The highest BCUT2D eigenvalue weighted by atomic mass is 127. The van der Waals surface area contributed by atoms with Gasteiger partial charge in [0.05, 0.1) is 18.0 Å². The maximum absolute atomic E-state index is 12.0. The van der Waals surface area contributed by atoms with Crippen LogP contribution in [0.3, 0.4) is 0 Å². The molecule has 0 aliphatic heterocycles. The molecule has 4 heteroatoms. The molecule has 1 aromatic rings. The molecule has 1 N–H and O–H groups in total. The second-order valence-corrected chi connectivity index (χ2v) is 5.70. The molecule has 1 aliphatic carbocycles. The number of aryl methyl sites for hydroxylation is 1. The highest BCUT2D eigenvalue weighted by molar-refractivity contribution is 14.1. The van der Waals surface area contributed by atoms with Crippen LogP contribution >= 0.6 is 22.6 Å². The predicted molar refractivity (Wildman–Crippen MR) is 73.6 cm³/mol. The average Bonchev–Trinajstić information content (AvgIpc) is 3.02. The van der Waals surface area contributed by atoms with Crippen LogP contribution in [0.2, 0.25) is 0 Å². The van der Waals surface area contributed by atoms with Crippen molar-refractivity contribution in [1.82, 2.24) is 5.32 Å². The van der Waals surface area contributed by atoms with E-state index >= 15 is 0 Å². The van der Waals surface area contributed by atoms with E-state index < -0.39 is 0 Å². The van der Waals surface area contributed by atoms with Gasteiger partial charge in [0.2, 0.25) is 0 Å². The van der Waals surface area contributed by atoms with Crippen LogP contribution in [0.1, 0.15) is 35.2 Å². The number of nitrogens with zero attached hydrogens (tertiary/aromatic N) is 1. The third kappa shape index (κ3) is 2.78. The first-order valence-electron chi connectivity index (χ1n) is 5.52. The van der Waals surface area contributed by atoms with Gasteiger partial charge in [-0.1, -0.05) is 0 Å². The Morgan fingerprint density at radius 3 is 2.82 bits per heavy atom. The molecule has 88 valence electrons. The number of hydrogen-bond acceptors (Lipinski definition) is 2. The Hall–Kier alpha value is -1.09. The van der Waals surface area contributed by atoms with Crippen LogP contribution in [0.25, 0.3) is 0 Å². The van der Waals surface area contributed by atoms with E-state index in [2.05, 4.69) is 34.0 Å². The fourth-order valence-corrected chi connectivity index (χ4v) is 2.08. The Morgan fingerprint density at radius 2 is 2.29 bits per heavy atom. The normalized spacial score (nSPS) is 16.1. The number of carbonyl (C=O) groups excluding carboxylic acids is 1. The van der Waals surface area contributed by atoms with Gasteiger partial charge >= 0.3 is 0 Å². The van der Waals surface area contributed by atoms with Crippen LogP contribution in [0.5, 0.6) is 0 Å². The van der Waals surface area contributed by atoms with Gasteiger partial charge in [0, 0.05) is 9.13 Å². The summed E-state index contributed by atoms with van der Waals surface area (Å²) in [6, 6.07) is 7.79. The number of amides is 1. The summed E-state index contributed by atoms with van der Waals surface area (Å²) in [5.74, 6) is -0.0720. The van der Waals surface area contributed by atoms with Gasteiger partial charge in [-0.2, -0.15) is 5.26 Å². The zero-order valence-electron chi connectivity index (χ0n) is 9.59. The molecule has 1 aromatic carbocycles. The second kappa shape index (κ2) is 4.65. The van der Waals surface area contributed by atoms with Gasteiger partial charge in [0.1, 0.15) is 0 Å². The third-order valence-electron chi connectivity index (χ3n) is 3.07. The Bertz CT molecular complexity index is 501. The lowest BCUT2D eigenvalue weighted by molar-refractivity contribution is 0.0932. The molecule has 1 amide bonds. The molecule has 0 bridgehead atoms. The van der Waals surface area contributed by atoms with Crippen molar-refractivity contribution in [2.24, 2.45) is 0 Å². The lowest BCUT2D eigenvalue weighted by Gasteiger charge is -2.14. The van der Waals surface area contributed by atoms with Crippen LogP contribution in [0.4, 0.5) is 0 Å². The largest absolute Gasteiger partial charge is 0.346 e. The first-order valence-corrected chi connectivity index (χ1v) is 6.60. The highest BCUT2D eigenvalue weighted by Crippen LogP contribution is 2.38. The van der Waals surface area contributed by atoms with Crippen molar-refractivity contribution < 1.29 is 4.79 Å². The smallest absolute Gasteiger partial charge is 0.251 e. The Kier molecular flexibility index (Phi) is 3.38. The summed E-state index contributed by atoms with van der Waals surface area (Å²) in [7, 11) is 0. The molecule has 17 heavy (non-hydrogen) atoms. The van der Waals surface area contributed by atoms with E-state index in [1.807, 2.05) is 25.1 Å². The van der Waals surface area contributed by atoms with E-state index in [0.29, 0.717) is 12.0 Å². The van der Waals surface area contributed by atoms with Gasteiger partial charge in [-0.05, 0) is 66.1 Å². The minimum absolute atomic E-state index is 0.0720. The van der Waals surface area contributed by atoms with E-state index in [0.717, 1.165) is 22.0 Å². The number of hydrogen-bond donors (Lipinski definition) is 1. The zero-order chi connectivity index (χ0) is 12.5. The molecular weight excluding hydrogens is 327 g/mol. The summed E-state index contributed by atoms with van der Waals surface area (Å²) in [6.45, 7) is 1.99. The molecule has 3 nitrogen and oxygen atoms in total. The minimum Gasteiger partial charge on any atom is -0.346 e. The zero-order valence-corrected chi connectivity index (χ0v) is 11.7. The summed E-state index contributed by atoms with van der Waals surface area (Å²) >= 11 is 2.24. The standard InChI is InChI=1S/C13H13IN2O/c1-9-8-10(2-3-11(9)14)12(17)16-13(4-5-13)6-7-15/h2-3,8H,4-6H2,1H3,(H,16,17). The van der Waals surface area contributed by atoms with Crippen LogP contribution in [-0.4, -0.2) is 11.4 Å². The van der Waals surface area contributed by atoms with Crippen molar-refractivity contribution in [2.45, 2.75) is 31.7 Å². The SMILES string of the molecule is Cc1cc(C(=O)NC2(CC#N)CC2)ccc1I. The molecule has 0 heterocycles. The molecule has 0 radical (unpaired) electrons. The van der Waals surface area contributed by atoms with E-state index in [1.165, 1.54) is 0 Å². The molecule has 0 saturated heterocycles. The number of benzene rings is 1. The molecule has 0 atom stereocenters. The van der Waals surface area contributed by atoms with Crippen LogP contribution in [0.15, 0.2) is 18.2 Å². The van der Waals surface area contributed by atoms with Crippen LogP contribution < -0.4 is 5.32 Å². The van der Waals surface area contributed by atoms with Gasteiger partial charge < -0.3 is 5.32 Å². The van der Waals surface area contributed by atoms with E-state index in [9.17, 15) is 4.79 Å². The maximum Gasteiger partial charge on any atom is 0.251 e. The summed E-state index contributed by atoms with van der Waals surface area (Å²) < 4.78 is 1.15. The van der Waals surface area contributed by atoms with Crippen molar-refractivity contribution in [3.8, 4) is 6.07 Å². The quantitative estimate of drug-likeness (QED) is 0.861. The molecule has 1 saturated carbocycles. The molecule has 0 aromatic heterocycles. The van der Waals surface area contributed by atoms with Crippen molar-refractivity contribution in [3.05, 3.63) is 32.9 Å². The van der Waals surface area contributed by atoms with Gasteiger partial charge in [-0.15, -0.1) is 0 Å². The van der Waals surface area contributed by atoms with Crippen molar-refractivity contribution in [2.75, 3.05) is 0 Å². The summed E-state index contributed by atoms with van der Waals surface area (Å²) in [5, 5.41) is 11.7. The Balaban J connectivity index is 2.10. The maximum atomic E-state index is 12.0. The lowest BCUT2D eigenvalue weighted by Crippen LogP contribution is -2.36. The van der Waals surface area contributed by atoms with E-state index in [1.54, 1.807) is 0 Å². The van der Waals surface area contributed by atoms with Crippen LogP contribution in [-0.2, 0) is 0 Å². The third-order valence-corrected chi connectivity index (χ3v) is 4.28. The fourth-order valence-electron chi connectivity index (χ4n) is 1.75. The highest BCUT2D eigenvalue weighted by Gasteiger charge is 2.43. The van der Waals surface area contributed by atoms with Gasteiger partial charge in [-0.3, -0.25) is 4.79 Å². The number of halogens is 1. The minimum atomic E-state index is -0.247. The van der Waals surface area contributed by atoms with Crippen molar-refractivity contribution >= 4 is 28.5 Å². The number of carbonyl (C=O) groups is 1. The van der Waals surface area contributed by atoms with Gasteiger partial charge in [-0.25, -0.2) is 0 Å².